The van der Waals surface area contributed by atoms with Gasteiger partial charge in [-0.1, -0.05) is 12.8 Å². The maximum absolute atomic E-state index is 5.54. The molecular weight excluding hydrogens is 248 g/mol. The zero-order valence-electron chi connectivity index (χ0n) is 11.7. The topological polar surface area (TPSA) is 9.23 Å². The number of hydrogen-bond acceptors (Lipinski definition) is 1. The Morgan fingerprint density at radius 3 is 1.81 bits per heavy atom. The molecule has 0 saturated carbocycles. The van der Waals surface area contributed by atoms with Crippen LogP contribution in [-0.4, -0.2) is 44.6 Å². The zero-order chi connectivity index (χ0) is 12.1. The van der Waals surface area contributed by atoms with Gasteiger partial charge in [0.25, 0.3) is 0 Å². The minimum atomic E-state index is -0.453. The molecule has 0 aromatic carbocycles. The first-order valence-electron chi connectivity index (χ1n) is 5.76. The van der Waals surface area contributed by atoms with Gasteiger partial charge in [0.15, 0.2) is 0 Å². The van der Waals surface area contributed by atoms with Crippen molar-refractivity contribution in [2.75, 3.05) is 12.5 Å². The second-order valence-electron chi connectivity index (χ2n) is 4.36. The van der Waals surface area contributed by atoms with Crippen molar-refractivity contribution in [2.45, 2.75) is 59.5 Å². The van der Waals surface area contributed by atoms with Gasteiger partial charge in [-0.25, -0.2) is 0 Å². The minimum absolute atomic E-state index is 0. The monoisotopic (exact) mass is 274 g/mol. The summed E-state index contributed by atoms with van der Waals surface area (Å²) >= 11 is 5.54. The molecule has 0 aromatic rings. The molecule has 0 fully saturated rings. The summed E-state index contributed by atoms with van der Waals surface area (Å²) in [6.07, 6.45) is 4.87. The van der Waals surface area contributed by atoms with Crippen LogP contribution in [0.5, 0.6) is 0 Å². The van der Waals surface area contributed by atoms with Crippen molar-refractivity contribution in [1.29, 1.82) is 0 Å². The molecule has 0 rings (SSSR count). The van der Waals surface area contributed by atoms with Crippen molar-refractivity contribution >= 4 is 43.7 Å². The number of alkyl halides is 1. The maximum atomic E-state index is 5.54. The van der Waals surface area contributed by atoms with Gasteiger partial charge < -0.3 is 10.3 Å². The van der Waals surface area contributed by atoms with Gasteiger partial charge in [-0.2, -0.15) is 33.9 Å². The van der Waals surface area contributed by atoms with Crippen LogP contribution in [0.4, 0.5) is 0 Å². The molecular formula is C12H27ClMgOSi. The quantitative estimate of drug-likeness (QED) is 0.291. The molecule has 16 heavy (non-hydrogen) atoms. The Bertz CT molecular complexity index is 110. The van der Waals surface area contributed by atoms with Crippen molar-refractivity contribution < 1.29 is 4.43 Å². The van der Waals surface area contributed by atoms with Crippen LogP contribution in [0.15, 0.2) is 0 Å². The van der Waals surface area contributed by atoms with Crippen molar-refractivity contribution in [3.05, 3.63) is 5.92 Å². The fraction of sp³-hybridized carbons (Fsp3) is 0.917. The normalized spacial score (nSPS) is 9.75. The van der Waals surface area contributed by atoms with E-state index in [1.165, 1.54) is 25.2 Å². The molecule has 0 aromatic heterocycles. The molecule has 4 heteroatoms. The standard InChI is InChI=1S/C8H18ClOSi.C4H9.Mg/c1-11(2)10-8-6-4-3-5-7-9;1-4(2)3;/h3-8H2,1-2H3;1-3H3;/q2*-1;+2. The van der Waals surface area contributed by atoms with E-state index in [2.05, 4.69) is 33.9 Å². The maximum Gasteiger partial charge on any atom is 2.00 e. The first-order valence-corrected chi connectivity index (χ1v) is 8.70. The number of unbranched alkanes of at least 4 members (excludes halogenated alkanes) is 3. The van der Waals surface area contributed by atoms with Crippen LogP contribution >= 0.6 is 11.6 Å². The molecule has 0 unspecified atom stereocenters. The third-order valence-electron chi connectivity index (χ3n) is 1.42. The number of halogens is 1. The zero-order valence-corrected chi connectivity index (χ0v) is 14.9. The number of rotatable bonds is 7. The molecule has 94 valence electrons. The van der Waals surface area contributed by atoms with Crippen LogP contribution in [0.25, 0.3) is 0 Å². The average molecular weight is 275 g/mol. The van der Waals surface area contributed by atoms with E-state index in [1.807, 2.05) is 0 Å². The van der Waals surface area contributed by atoms with E-state index in [1.54, 1.807) is 0 Å². The van der Waals surface area contributed by atoms with E-state index in [0.717, 1.165) is 18.9 Å². The van der Waals surface area contributed by atoms with Gasteiger partial charge in [-0.15, -0.1) is 20.6 Å². The Labute approximate surface area is 126 Å². The predicted molar refractivity (Wildman–Crippen MR) is 78.6 cm³/mol. The SMILES string of the molecule is C[C-](C)C.C[Si-](C)OCCCCCCCl.[Mg+2]. The molecule has 0 aliphatic heterocycles. The van der Waals surface area contributed by atoms with Crippen molar-refractivity contribution in [3.63, 3.8) is 0 Å². The Morgan fingerprint density at radius 2 is 1.44 bits per heavy atom. The summed E-state index contributed by atoms with van der Waals surface area (Å²) in [4.78, 5) is 0. The van der Waals surface area contributed by atoms with Gasteiger partial charge in [-0.05, 0) is 12.8 Å². The van der Waals surface area contributed by atoms with Crippen LogP contribution in [-0.2, 0) is 4.43 Å². The van der Waals surface area contributed by atoms with Crippen molar-refractivity contribution in [1.82, 2.24) is 0 Å². The molecule has 0 N–H and O–H groups in total. The molecule has 0 atom stereocenters. The summed E-state index contributed by atoms with van der Waals surface area (Å²) in [5, 5.41) is 0. The Morgan fingerprint density at radius 1 is 1.00 bits per heavy atom. The van der Waals surface area contributed by atoms with Crippen LogP contribution < -0.4 is 0 Å². The first-order chi connectivity index (χ1) is 7.00. The fourth-order valence-electron chi connectivity index (χ4n) is 0.826. The second kappa shape index (κ2) is 18.6. The van der Waals surface area contributed by atoms with Gasteiger partial charge in [-0.3, -0.25) is 0 Å². The summed E-state index contributed by atoms with van der Waals surface area (Å²) < 4.78 is 5.49. The third-order valence-corrected chi connectivity index (χ3v) is 2.47. The molecule has 0 saturated heterocycles. The van der Waals surface area contributed by atoms with Crippen molar-refractivity contribution in [2.24, 2.45) is 0 Å². The molecule has 0 bridgehead atoms. The van der Waals surface area contributed by atoms with E-state index in [9.17, 15) is 0 Å². The molecule has 0 spiro atoms. The summed E-state index contributed by atoms with van der Waals surface area (Å²) in [6.45, 7) is 11.5. The minimum Gasteiger partial charge on any atom is -0.589 e. The Balaban J connectivity index is -0.000000292. The Hall–Kier alpha value is 1.23. The second-order valence-corrected chi connectivity index (χ2v) is 6.84. The Kier molecular flexibility index (Phi) is 26.1. The molecule has 0 aliphatic rings. The van der Waals surface area contributed by atoms with Gasteiger partial charge >= 0.3 is 23.1 Å². The van der Waals surface area contributed by atoms with Crippen molar-refractivity contribution in [3.8, 4) is 0 Å². The fourth-order valence-corrected chi connectivity index (χ4v) is 1.57. The van der Waals surface area contributed by atoms with Crippen LogP contribution in [0.2, 0.25) is 13.1 Å². The van der Waals surface area contributed by atoms with Crippen LogP contribution in [0.3, 0.4) is 0 Å². The van der Waals surface area contributed by atoms with Gasteiger partial charge in [0, 0.05) is 12.5 Å². The molecule has 0 radical (unpaired) electrons. The first kappa shape index (κ1) is 22.4. The van der Waals surface area contributed by atoms with E-state index >= 15 is 0 Å². The summed E-state index contributed by atoms with van der Waals surface area (Å²) in [5.41, 5.74) is 0. The number of hydrogen-bond donors (Lipinski definition) is 0. The molecule has 1 nitrogen and oxygen atoms in total. The van der Waals surface area contributed by atoms with E-state index < -0.39 is 9.04 Å². The van der Waals surface area contributed by atoms with E-state index in [4.69, 9.17) is 16.0 Å². The van der Waals surface area contributed by atoms with E-state index in [0.29, 0.717) is 0 Å². The third kappa shape index (κ3) is 36.2. The molecule has 0 amide bonds. The van der Waals surface area contributed by atoms with Gasteiger partial charge in [0.2, 0.25) is 0 Å². The van der Waals surface area contributed by atoms with Gasteiger partial charge in [0.1, 0.15) is 0 Å². The largest absolute Gasteiger partial charge is 2.00 e. The average Bonchev–Trinajstić information content (AvgIpc) is 2.09. The summed E-state index contributed by atoms with van der Waals surface area (Å²) in [6, 6.07) is 0. The van der Waals surface area contributed by atoms with Crippen LogP contribution in [0.1, 0.15) is 46.5 Å². The summed E-state index contributed by atoms with van der Waals surface area (Å²) in [5.74, 6) is 2.22. The van der Waals surface area contributed by atoms with E-state index in [-0.39, 0.29) is 23.1 Å². The molecule has 0 aliphatic carbocycles. The summed E-state index contributed by atoms with van der Waals surface area (Å²) in [7, 11) is -0.453. The smallest absolute Gasteiger partial charge is 0.589 e. The predicted octanol–water partition coefficient (Wildman–Crippen LogP) is 4.29. The molecule has 0 heterocycles. The van der Waals surface area contributed by atoms with Gasteiger partial charge in [0.05, 0.1) is 0 Å². The van der Waals surface area contributed by atoms with Crippen LogP contribution in [0, 0.1) is 5.92 Å².